The van der Waals surface area contributed by atoms with Crippen molar-refractivity contribution in [2.75, 3.05) is 0 Å². The van der Waals surface area contributed by atoms with Crippen molar-refractivity contribution in [2.45, 2.75) is 64.0 Å². The Labute approximate surface area is 230 Å². The van der Waals surface area contributed by atoms with Gasteiger partial charge in [-0.2, -0.15) is 0 Å². The van der Waals surface area contributed by atoms with E-state index in [4.69, 9.17) is 39.1 Å². The summed E-state index contributed by atoms with van der Waals surface area (Å²) in [5, 5.41) is 23.8. The third-order valence-corrected chi connectivity index (χ3v) is 6.61. The number of benzene rings is 1. The standard InChI is InChI=1S/C26H31Cl2N3O7/c1-26(9-6-15(7-10-26)16-12-17(27)14-18(28)13-16)11-8-21(32)30-20(3-5-23(35)36)25(38)31-19(24(29)37)2-4-22(33)34/h6-7,9,12-14,19-20H,2-5,8,10-11H2,1H3,(H2,29,37)(H,30,32)(H,31,38)(H,33,34)(H,35,36)/t19-,20?,26?/m0/s1. The highest BCUT2D eigenvalue weighted by Gasteiger charge is 2.28. The monoisotopic (exact) mass is 567 g/mol. The summed E-state index contributed by atoms with van der Waals surface area (Å²) >= 11 is 12.2. The van der Waals surface area contributed by atoms with Gasteiger partial charge in [0.15, 0.2) is 0 Å². The maximum absolute atomic E-state index is 12.7. The molecule has 1 aromatic rings. The topological polar surface area (TPSA) is 176 Å². The third-order valence-electron chi connectivity index (χ3n) is 6.18. The van der Waals surface area contributed by atoms with Crippen molar-refractivity contribution in [3.8, 4) is 0 Å². The number of rotatable bonds is 14. The molecule has 38 heavy (non-hydrogen) atoms. The summed E-state index contributed by atoms with van der Waals surface area (Å²) < 4.78 is 0. The lowest BCUT2D eigenvalue weighted by Gasteiger charge is -2.28. The zero-order chi connectivity index (χ0) is 28.5. The van der Waals surface area contributed by atoms with Crippen LogP contribution in [0.1, 0.15) is 57.4 Å². The number of aliphatic carboxylic acids is 2. The largest absolute Gasteiger partial charge is 0.481 e. The van der Waals surface area contributed by atoms with Gasteiger partial charge >= 0.3 is 11.9 Å². The van der Waals surface area contributed by atoms with E-state index in [1.54, 1.807) is 6.07 Å². The van der Waals surface area contributed by atoms with Crippen LogP contribution in [0.15, 0.2) is 36.4 Å². The van der Waals surface area contributed by atoms with Gasteiger partial charge in [-0.25, -0.2) is 0 Å². The van der Waals surface area contributed by atoms with Gasteiger partial charge in [0.2, 0.25) is 17.7 Å². The minimum absolute atomic E-state index is 0.0577. The Bertz CT molecular complexity index is 1130. The van der Waals surface area contributed by atoms with Crippen LogP contribution in [0.25, 0.3) is 5.57 Å². The Hall–Kier alpha value is -3.37. The van der Waals surface area contributed by atoms with Crippen LogP contribution in [0.3, 0.4) is 0 Å². The van der Waals surface area contributed by atoms with E-state index in [1.807, 2.05) is 37.3 Å². The fourth-order valence-corrected chi connectivity index (χ4v) is 4.44. The number of carbonyl (C=O) groups is 5. The van der Waals surface area contributed by atoms with Crippen LogP contribution in [0.4, 0.5) is 0 Å². The van der Waals surface area contributed by atoms with Crippen LogP contribution in [-0.4, -0.2) is 52.0 Å². The second kappa shape index (κ2) is 14.0. The molecule has 3 atom stereocenters. The van der Waals surface area contributed by atoms with Crippen LogP contribution < -0.4 is 16.4 Å². The van der Waals surface area contributed by atoms with Gasteiger partial charge in [-0.05, 0) is 60.4 Å². The molecule has 0 heterocycles. The normalized spacial score (nSPS) is 18.1. The van der Waals surface area contributed by atoms with Gasteiger partial charge in [0.1, 0.15) is 12.1 Å². The highest BCUT2D eigenvalue weighted by atomic mass is 35.5. The zero-order valence-corrected chi connectivity index (χ0v) is 22.3. The van der Waals surface area contributed by atoms with Crippen LogP contribution in [-0.2, 0) is 24.0 Å². The Morgan fingerprint density at radius 2 is 1.53 bits per heavy atom. The lowest BCUT2D eigenvalue weighted by Crippen LogP contribution is -2.53. The SMILES string of the molecule is CC1(CCC(=O)NC(CCC(=O)O)C(=O)N[C@@H](CCC(=O)O)C(N)=O)C=CC(c2cc(Cl)cc(Cl)c2)=CC1. The maximum Gasteiger partial charge on any atom is 0.303 e. The summed E-state index contributed by atoms with van der Waals surface area (Å²) in [7, 11) is 0. The number of halogens is 2. The molecule has 0 saturated heterocycles. The lowest BCUT2D eigenvalue weighted by atomic mass is 9.77. The zero-order valence-electron chi connectivity index (χ0n) is 20.8. The first-order chi connectivity index (χ1) is 17.8. The molecule has 2 unspecified atom stereocenters. The number of allylic oxidation sites excluding steroid dienone is 4. The second-order valence-corrected chi connectivity index (χ2v) is 10.3. The van der Waals surface area contributed by atoms with Crippen molar-refractivity contribution < 1.29 is 34.2 Å². The van der Waals surface area contributed by atoms with Crippen LogP contribution >= 0.6 is 23.2 Å². The minimum Gasteiger partial charge on any atom is -0.481 e. The summed E-state index contributed by atoms with van der Waals surface area (Å²) in [5.41, 5.74) is 6.74. The highest BCUT2D eigenvalue weighted by molar-refractivity contribution is 6.34. The number of nitrogens with two attached hydrogens (primary N) is 1. The van der Waals surface area contributed by atoms with E-state index in [9.17, 15) is 24.0 Å². The third kappa shape index (κ3) is 10.2. The Morgan fingerprint density at radius 3 is 2.03 bits per heavy atom. The molecule has 0 radical (unpaired) electrons. The summed E-state index contributed by atoms with van der Waals surface area (Å²) in [6, 6.07) is 2.76. The molecule has 1 aliphatic carbocycles. The van der Waals surface area contributed by atoms with Crippen molar-refractivity contribution in [3.05, 3.63) is 52.0 Å². The van der Waals surface area contributed by atoms with E-state index >= 15 is 0 Å². The molecule has 2 rings (SSSR count). The van der Waals surface area contributed by atoms with Gasteiger partial charge < -0.3 is 26.6 Å². The van der Waals surface area contributed by atoms with Gasteiger partial charge in [0, 0.05) is 29.3 Å². The number of amides is 3. The number of carboxylic acids is 2. The Kier molecular flexibility index (Phi) is 11.3. The van der Waals surface area contributed by atoms with Gasteiger partial charge in [0.05, 0.1) is 0 Å². The van der Waals surface area contributed by atoms with Gasteiger partial charge in [-0.15, -0.1) is 0 Å². The molecule has 0 saturated carbocycles. The smallest absolute Gasteiger partial charge is 0.303 e. The fraction of sp³-hybridized carbons (Fsp3) is 0.423. The first-order valence-corrected chi connectivity index (χ1v) is 12.7. The molecule has 0 aliphatic heterocycles. The molecule has 1 aromatic carbocycles. The number of carboxylic acid groups (broad SMARTS) is 2. The van der Waals surface area contributed by atoms with Crippen molar-refractivity contribution in [2.24, 2.45) is 11.1 Å². The van der Waals surface area contributed by atoms with Crippen molar-refractivity contribution in [1.29, 1.82) is 0 Å². The maximum atomic E-state index is 12.7. The number of nitrogens with one attached hydrogen (secondary N) is 2. The molecule has 0 fully saturated rings. The Morgan fingerprint density at radius 1 is 0.947 bits per heavy atom. The summed E-state index contributed by atoms with van der Waals surface area (Å²) in [6.07, 6.45) is 5.84. The number of primary amides is 1. The average Bonchev–Trinajstić information content (AvgIpc) is 2.82. The summed E-state index contributed by atoms with van der Waals surface area (Å²) in [6.45, 7) is 1.99. The van der Waals surface area contributed by atoms with E-state index in [0.29, 0.717) is 22.9 Å². The summed E-state index contributed by atoms with van der Waals surface area (Å²) in [5.74, 6) is -4.57. The molecule has 10 nitrogen and oxygen atoms in total. The number of carbonyl (C=O) groups excluding carboxylic acids is 3. The minimum atomic E-state index is -1.27. The molecule has 3 amide bonds. The lowest BCUT2D eigenvalue weighted by molar-refractivity contribution is -0.139. The molecule has 206 valence electrons. The van der Waals surface area contributed by atoms with E-state index in [1.165, 1.54) is 0 Å². The second-order valence-electron chi connectivity index (χ2n) is 9.46. The molecule has 0 aromatic heterocycles. The predicted octanol–water partition coefficient (Wildman–Crippen LogP) is 3.31. The first kappa shape index (κ1) is 30.9. The number of hydrogen-bond acceptors (Lipinski definition) is 5. The van der Waals surface area contributed by atoms with Gasteiger partial charge in [0.25, 0.3) is 0 Å². The quantitative estimate of drug-likeness (QED) is 0.229. The van der Waals surface area contributed by atoms with Crippen LogP contribution in [0.2, 0.25) is 10.0 Å². The van der Waals surface area contributed by atoms with Gasteiger partial charge in [-0.1, -0.05) is 48.4 Å². The van der Waals surface area contributed by atoms with Crippen LogP contribution in [0.5, 0.6) is 0 Å². The van der Waals surface area contributed by atoms with Crippen molar-refractivity contribution in [3.63, 3.8) is 0 Å². The van der Waals surface area contributed by atoms with E-state index in [-0.39, 0.29) is 24.7 Å². The fourth-order valence-electron chi connectivity index (χ4n) is 3.92. The predicted molar refractivity (Wildman–Crippen MR) is 142 cm³/mol. The Balaban J connectivity index is 1.99. The van der Waals surface area contributed by atoms with E-state index in [2.05, 4.69) is 10.6 Å². The molecule has 6 N–H and O–H groups in total. The molecule has 0 spiro atoms. The summed E-state index contributed by atoms with van der Waals surface area (Å²) in [4.78, 5) is 58.9. The first-order valence-electron chi connectivity index (χ1n) is 12.0. The van der Waals surface area contributed by atoms with E-state index < -0.39 is 54.6 Å². The average molecular weight is 568 g/mol. The molecular weight excluding hydrogens is 537 g/mol. The number of hydrogen-bond donors (Lipinski definition) is 5. The van der Waals surface area contributed by atoms with Gasteiger partial charge in [-0.3, -0.25) is 24.0 Å². The van der Waals surface area contributed by atoms with Crippen LogP contribution in [0, 0.1) is 5.41 Å². The molecule has 12 heteroatoms. The van der Waals surface area contributed by atoms with E-state index in [0.717, 1.165) is 11.1 Å². The molecular formula is C26H31Cl2N3O7. The van der Waals surface area contributed by atoms with Crippen molar-refractivity contribution >= 4 is 58.4 Å². The highest BCUT2D eigenvalue weighted by Crippen LogP contribution is 2.37. The molecule has 0 bridgehead atoms. The van der Waals surface area contributed by atoms with Crippen molar-refractivity contribution in [1.82, 2.24) is 10.6 Å². The molecule has 1 aliphatic rings.